The van der Waals surface area contributed by atoms with E-state index in [4.69, 9.17) is 4.74 Å². The predicted molar refractivity (Wildman–Crippen MR) is 102 cm³/mol. The molecule has 0 unspecified atom stereocenters. The summed E-state index contributed by atoms with van der Waals surface area (Å²) >= 11 is 0. The average Bonchev–Trinajstić information content (AvgIpc) is 3.47. The van der Waals surface area contributed by atoms with Gasteiger partial charge in [0.1, 0.15) is 5.69 Å². The van der Waals surface area contributed by atoms with Crippen LogP contribution < -0.4 is 14.8 Å². The summed E-state index contributed by atoms with van der Waals surface area (Å²) in [6.45, 7) is -1.18. The lowest BCUT2D eigenvalue weighted by Crippen LogP contribution is -2.13. The zero-order valence-electron chi connectivity index (χ0n) is 16.3. The number of hydrogen-bond acceptors (Lipinski definition) is 5. The van der Waals surface area contributed by atoms with Crippen LogP contribution in [0, 0.1) is 0 Å². The Kier molecular flexibility index (Phi) is 5.66. The topological polar surface area (TPSA) is 77.8 Å². The van der Waals surface area contributed by atoms with Crippen LogP contribution in [-0.2, 0) is 0 Å². The lowest BCUT2D eigenvalue weighted by Gasteiger charge is -2.13. The molecule has 0 spiro atoms. The molecule has 7 nitrogen and oxygen atoms in total. The molecule has 3 aromatic rings. The summed E-state index contributed by atoms with van der Waals surface area (Å²) < 4.78 is 62.7. The van der Waals surface area contributed by atoms with Crippen molar-refractivity contribution in [2.45, 2.75) is 38.7 Å². The van der Waals surface area contributed by atoms with E-state index < -0.39 is 18.9 Å². The zero-order chi connectivity index (χ0) is 22.1. The van der Waals surface area contributed by atoms with Gasteiger partial charge < -0.3 is 14.8 Å². The van der Waals surface area contributed by atoms with Gasteiger partial charge in [0.25, 0.3) is 12.3 Å². The number of nitrogens with zero attached hydrogens (tertiary/aromatic N) is 3. The van der Waals surface area contributed by atoms with Crippen molar-refractivity contribution in [3.63, 3.8) is 0 Å². The van der Waals surface area contributed by atoms with Crippen LogP contribution in [0.2, 0.25) is 0 Å². The van der Waals surface area contributed by atoms with Gasteiger partial charge >= 0.3 is 6.61 Å². The Morgan fingerprint density at radius 2 is 1.97 bits per heavy atom. The van der Waals surface area contributed by atoms with Crippen LogP contribution in [0.15, 0.2) is 30.3 Å². The third kappa shape index (κ3) is 4.54. The van der Waals surface area contributed by atoms with E-state index in [0.717, 1.165) is 17.4 Å². The van der Waals surface area contributed by atoms with Crippen molar-refractivity contribution >= 4 is 17.2 Å². The highest BCUT2D eigenvalue weighted by molar-refractivity contribution is 6.03. The van der Waals surface area contributed by atoms with E-state index in [1.54, 1.807) is 6.92 Å². The number of rotatable bonds is 8. The van der Waals surface area contributed by atoms with Gasteiger partial charge in [-0.1, -0.05) is 0 Å². The van der Waals surface area contributed by atoms with Crippen molar-refractivity contribution < 1.29 is 31.8 Å². The number of amides is 1. The Labute approximate surface area is 174 Å². The molecule has 2 heterocycles. The van der Waals surface area contributed by atoms with E-state index >= 15 is 0 Å². The molecular formula is C20H18F4N4O3. The first kappa shape index (κ1) is 20.9. The first-order valence-corrected chi connectivity index (χ1v) is 9.57. The molecule has 1 aliphatic rings. The number of fused-ring (bicyclic) bond motifs is 1. The van der Waals surface area contributed by atoms with Gasteiger partial charge in [0.15, 0.2) is 22.8 Å². The molecule has 0 saturated heterocycles. The fourth-order valence-corrected chi connectivity index (χ4v) is 3.12. The number of nitrogens with one attached hydrogen (secondary N) is 1. The summed E-state index contributed by atoms with van der Waals surface area (Å²) in [5.74, 6) is -0.684. The SMILES string of the molecule is CCOc1cc(NC(=O)c2cc3nc(C4CC4)cc(C(F)F)n3n2)ccc1OC(F)F. The number of hydrogen-bond donors (Lipinski definition) is 1. The maximum Gasteiger partial charge on any atom is 0.387 e. The molecule has 1 aromatic carbocycles. The molecular weight excluding hydrogens is 420 g/mol. The van der Waals surface area contributed by atoms with Gasteiger partial charge in [-0.15, -0.1) is 0 Å². The molecule has 31 heavy (non-hydrogen) atoms. The molecule has 2 aromatic heterocycles. The van der Waals surface area contributed by atoms with Crippen LogP contribution in [-0.4, -0.2) is 33.7 Å². The highest BCUT2D eigenvalue weighted by Crippen LogP contribution is 2.40. The van der Waals surface area contributed by atoms with Gasteiger partial charge in [-0.3, -0.25) is 4.79 Å². The van der Waals surface area contributed by atoms with Crippen molar-refractivity contribution in [2.75, 3.05) is 11.9 Å². The summed E-state index contributed by atoms with van der Waals surface area (Å²) in [5, 5.41) is 6.52. The highest BCUT2D eigenvalue weighted by atomic mass is 19.3. The van der Waals surface area contributed by atoms with Crippen LogP contribution in [0.3, 0.4) is 0 Å². The highest BCUT2D eigenvalue weighted by Gasteiger charge is 2.28. The Morgan fingerprint density at radius 3 is 2.61 bits per heavy atom. The number of alkyl halides is 4. The van der Waals surface area contributed by atoms with Crippen LogP contribution >= 0.6 is 0 Å². The van der Waals surface area contributed by atoms with Crippen molar-refractivity contribution in [2.24, 2.45) is 0 Å². The second-order valence-corrected chi connectivity index (χ2v) is 6.91. The summed E-state index contributed by atoms with van der Waals surface area (Å²) in [5.41, 5.74) is 0.491. The van der Waals surface area contributed by atoms with Crippen molar-refractivity contribution in [1.82, 2.24) is 14.6 Å². The van der Waals surface area contributed by atoms with Crippen molar-refractivity contribution in [3.05, 3.63) is 47.4 Å². The average molecular weight is 438 g/mol. The number of anilines is 1. The molecule has 1 N–H and O–H groups in total. The number of ether oxygens (including phenoxy) is 2. The van der Waals surface area contributed by atoms with E-state index in [-0.39, 0.29) is 46.7 Å². The Morgan fingerprint density at radius 1 is 1.19 bits per heavy atom. The molecule has 1 fully saturated rings. The molecule has 1 amide bonds. The van der Waals surface area contributed by atoms with Crippen LogP contribution in [0.4, 0.5) is 23.2 Å². The lowest BCUT2D eigenvalue weighted by atomic mass is 10.2. The molecule has 0 atom stereocenters. The summed E-state index contributed by atoms with van der Waals surface area (Å²) in [6, 6.07) is 6.55. The smallest absolute Gasteiger partial charge is 0.387 e. The van der Waals surface area contributed by atoms with E-state index in [1.807, 2.05) is 0 Å². The van der Waals surface area contributed by atoms with Crippen molar-refractivity contribution in [1.29, 1.82) is 0 Å². The number of halogens is 4. The van der Waals surface area contributed by atoms with Crippen LogP contribution in [0.25, 0.3) is 5.65 Å². The fourth-order valence-electron chi connectivity index (χ4n) is 3.12. The quantitative estimate of drug-likeness (QED) is 0.512. The van der Waals surface area contributed by atoms with Gasteiger partial charge in [-0.25, -0.2) is 18.3 Å². The molecule has 0 bridgehead atoms. The summed E-state index contributed by atoms with van der Waals surface area (Å²) in [4.78, 5) is 17.0. The molecule has 11 heteroatoms. The minimum Gasteiger partial charge on any atom is -0.490 e. The Balaban J connectivity index is 1.61. The summed E-state index contributed by atoms with van der Waals surface area (Å²) in [6.07, 6.45) is -1.00. The molecule has 164 valence electrons. The van der Waals surface area contributed by atoms with E-state index in [9.17, 15) is 22.4 Å². The van der Waals surface area contributed by atoms with Crippen LogP contribution in [0.5, 0.6) is 11.5 Å². The number of carbonyl (C=O) groups is 1. The molecule has 1 aliphatic carbocycles. The number of aromatic nitrogens is 3. The minimum atomic E-state index is -3.03. The fraction of sp³-hybridized carbons (Fsp3) is 0.350. The molecule has 4 rings (SSSR count). The third-order valence-electron chi connectivity index (χ3n) is 4.64. The van der Waals surface area contributed by atoms with Crippen LogP contribution in [0.1, 0.15) is 54.0 Å². The zero-order valence-corrected chi connectivity index (χ0v) is 16.3. The monoisotopic (exact) mass is 438 g/mol. The van der Waals surface area contributed by atoms with Gasteiger partial charge in [0.05, 0.1) is 6.61 Å². The first-order valence-electron chi connectivity index (χ1n) is 9.57. The first-order chi connectivity index (χ1) is 14.9. The predicted octanol–water partition coefficient (Wildman–Crippen LogP) is 4.80. The van der Waals surface area contributed by atoms with Gasteiger partial charge in [0, 0.05) is 29.4 Å². The van der Waals surface area contributed by atoms with Gasteiger partial charge in [-0.05, 0) is 38.0 Å². The minimum absolute atomic E-state index is 0.0197. The Hall–Kier alpha value is -3.37. The maximum absolute atomic E-state index is 13.5. The number of carbonyl (C=O) groups excluding carboxylic acids is 1. The normalized spacial score (nSPS) is 13.8. The van der Waals surface area contributed by atoms with Crippen molar-refractivity contribution in [3.8, 4) is 11.5 Å². The second-order valence-electron chi connectivity index (χ2n) is 6.91. The van der Waals surface area contributed by atoms with Gasteiger partial charge in [0.2, 0.25) is 0 Å². The van der Waals surface area contributed by atoms with E-state index in [0.29, 0.717) is 5.69 Å². The van der Waals surface area contributed by atoms with E-state index in [2.05, 4.69) is 20.1 Å². The number of benzene rings is 1. The standard InChI is InChI=1S/C20H18F4N4O3/c1-2-30-16-7-11(5-6-15(16)31-20(23)24)25-19(29)13-9-17-26-12(10-3-4-10)8-14(18(21)22)28(17)27-13/h5-10,18,20H,2-4H2,1H3,(H,25,29). The largest absolute Gasteiger partial charge is 0.490 e. The maximum atomic E-state index is 13.5. The second kappa shape index (κ2) is 8.40. The van der Waals surface area contributed by atoms with E-state index in [1.165, 1.54) is 30.3 Å². The van der Waals surface area contributed by atoms with Gasteiger partial charge in [-0.2, -0.15) is 13.9 Å². The third-order valence-corrected chi connectivity index (χ3v) is 4.64. The lowest BCUT2D eigenvalue weighted by molar-refractivity contribution is -0.0514. The Bertz CT molecular complexity index is 1120. The molecule has 0 aliphatic heterocycles. The molecule has 1 saturated carbocycles. The molecule has 0 radical (unpaired) electrons. The summed E-state index contributed by atoms with van der Waals surface area (Å²) in [7, 11) is 0.